The number of rotatable bonds is 5. The Kier molecular flexibility index (Phi) is 6.77. The molecule has 35 heavy (non-hydrogen) atoms. The molecule has 2 fully saturated rings. The SMILES string of the molecule is O=C(CN1C(=O)CC(N2C(=O)/C(=C\c3ccccc3)SC2=S)C1=O)Nc1cccc(C(F)(F)F)c1. The molecule has 180 valence electrons. The first-order valence-electron chi connectivity index (χ1n) is 10.2. The molecule has 4 rings (SSSR count). The number of hydrogen-bond acceptors (Lipinski definition) is 6. The van der Waals surface area contributed by atoms with Crippen molar-refractivity contribution in [3.05, 3.63) is 70.6 Å². The van der Waals surface area contributed by atoms with Gasteiger partial charge in [-0.1, -0.05) is 60.4 Å². The van der Waals surface area contributed by atoms with Gasteiger partial charge in [0.1, 0.15) is 16.9 Å². The van der Waals surface area contributed by atoms with Crippen LogP contribution in [0.5, 0.6) is 0 Å². The van der Waals surface area contributed by atoms with E-state index in [1.54, 1.807) is 30.3 Å². The summed E-state index contributed by atoms with van der Waals surface area (Å²) in [6, 6.07) is 11.8. The van der Waals surface area contributed by atoms with E-state index in [2.05, 4.69) is 5.32 Å². The highest BCUT2D eigenvalue weighted by Gasteiger charge is 2.48. The largest absolute Gasteiger partial charge is 0.416 e. The van der Waals surface area contributed by atoms with Gasteiger partial charge >= 0.3 is 6.18 Å². The van der Waals surface area contributed by atoms with Gasteiger partial charge < -0.3 is 5.32 Å². The Bertz CT molecular complexity index is 1260. The topological polar surface area (TPSA) is 86.8 Å². The van der Waals surface area contributed by atoms with Crippen molar-refractivity contribution in [3.63, 3.8) is 0 Å². The van der Waals surface area contributed by atoms with Crippen molar-refractivity contribution in [1.82, 2.24) is 9.80 Å². The van der Waals surface area contributed by atoms with E-state index in [-0.39, 0.29) is 16.4 Å². The number of nitrogens with zero attached hydrogens (tertiary/aromatic N) is 2. The number of benzene rings is 2. The molecule has 12 heteroatoms. The summed E-state index contributed by atoms with van der Waals surface area (Å²) < 4.78 is 38.8. The van der Waals surface area contributed by atoms with Gasteiger partial charge in [0.25, 0.3) is 11.8 Å². The molecule has 2 heterocycles. The van der Waals surface area contributed by atoms with E-state index in [1.165, 1.54) is 6.07 Å². The van der Waals surface area contributed by atoms with Gasteiger partial charge in [-0.15, -0.1) is 0 Å². The predicted octanol–water partition coefficient (Wildman–Crippen LogP) is 3.67. The van der Waals surface area contributed by atoms with Crippen molar-refractivity contribution in [2.24, 2.45) is 0 Å². The maximum Gasteiger partial charge on any atom is 0.416 e. The van der Waals surface area contributed by atoms with Gasteiger partial charge in [0.15, 0.2) is 0 Å². The molecule has 0 bridgehead atoms. The number of thioether (sulfide) groups is 1. The molecule has 2 aliphatic heterocycles. The van der Waals surface area contributed by atoms with Crippen LogP contribution in [0.15, 0.2) is 59.5 Å². The monoisotopic (exact) mass is 519 g/mol. The minimum atomic E-state index is -4.60. The molecule has 0 saturated carbocycles. The highest BCUT2D eigenvalue weighted by atomic mass is 32.2. The molecule has 0 aliphatic carbocycles. The number of likely N-dealkylation sites (tertiary alicyclic amines) is 1. The Morgan fingerprint density at radius 1 is 1.11 bits per heavy atom. The van der Waals surface area contributed by atoms with E-state index in [9.17, 15) is 32.3 Å². The number of thiocarbonyl (C=S) groups is 1. The van der Waals surface area contributed by atoms with E-state index < -0.39 is 48.0 Å². The van der Waals surface area contributed by atoms with Crippen molar-refractivity contribution in [1.29, 1.82) is 0 Å². The molecule has 0 radical (unpaired) electrons. The molecule has 2 aliphatic rings. The quantitative estimate of drug-likeness (QED) is 0.369. The average molecular weight is 520 g/mol. The number of nitrogens with one attached hydrogen (secondary N) is 1. The zero-order valence-corrected chi connectivity index (χ0v) is 19.4. The van der Waals surface area contributed by atoms with Crippen molar-refractivity contribution in [3.8, 4) is 0 Å². The number of amides is 4. The number of anilines is 1. The third kappa shape index (κ3) is 5.28. The summed E-state index contributed by atoms with van der Waals surface area (Å²) in [6.07, 6.45) is -3.33. The molecule has 2 aromatic carbocycles. The maximum atomic E-state index is 12.9. The number of carbonyl (C=O) groups excluding carboxylic acids is 4. The van der Waals surface area contributed by atoms with Crippen LogP contribution in [0.1, 0.15) is 17.5 Å². The van der Waals surface area contributed by atoms with Crippen LogP contribution in [0.3, 0.4) is 0 Å². The fourth-order valence-corrected chi connectivity index (χ4v) is 4.96. The maximum absolute atomic E-state index is 12.9. The van der Waals surface area contributed by atoms with Crippen LogP contribution in [0, 0.1) is 0 Å². The van der Waals surface area contributed by atoms with Crippen molar-refractivity contribution in [2.45, 2.75) is 18.6 Å². The van der Waals surface area contributed by atoms with Crippen LogP contribution < -0.4 is 5.32 Å². The lowest BCUT2D eigenvalue weighted by Crippen LogP contribution is -2.45. The summed E-state index contributed by atoms with van der Waals surface area (Å²) in [5, 5.41) is 2.25. The molecule has 0 aromatic heterocycles. The van der Waals surface area contributed by atoms with Crippen LogP contribution in [-0.4, -0.2) is 50.3 Å². The zero-order chi connectivity index (χ0) is 25.3. The van der Waals surface area contributed by atoms with Gasteiger partial charge in [-0.25, -0.2) is 0 Å². The molecule has 1 N–H and O–H groups in total. The Morgan fingerprint density at radius 3 is 2.51 bits per heavy atom. The minimum absolute atomic E-state index is 0.110. The second-order valence-corrected chi connectivity index (χ2v) is 9.30. The summed E-state index contributed by atoms with van der Waals surface area (Å²) in [5.74, 6) is -2.86. The zero-order valence-electron chi connectivity index (χ0n) is 17.7. The van der Waals surface area contributed by atoms with Gasteiger partial charge in [-0.2, -0.15) is 13.2 Å². The Hall–Kier alpha value is -3.51. The lowest BCUT2D eigenvalue weighted by molar-refractivity contribution is -0.143. The molecular formula is C23H16F3N3O4S2. The highest BCUT2D eigenvalue weighted by Crippen LogP contribution is 2.36. The summed E-state index contributed by atoms with van der Waals surface area (Å²) in [7, 11) is 0. The Balaban J connectivity index is 1.45. The number of hydrogen-bond donors (Lipinski definition) is 1. The van der Waals surface area contributed by atoms with E-state index in [0.717, 1.165) is 40.4 Å². The summed E-state index contributed by atoms with van der Waals surface area (Å²) in [6.45, 7) is -0.709. The molecular weight excluding hydrogens is 503 g/mol. The molecule has 2 saturated heterocycles. The van der Waals surface area contributed by atoms with Crippen LogP contribution in [-0.2, 0) is 25.4 Å². The average Bonchev–Trinajstić information content (AvgIpc) is 3.22. The number of halogens is 3. The third-order valence-corrected chi connectivity index (χ3v) is 6.56. The van der Waals surface area contributed by atoms with Crippen LogP contribution in [0.2, 0.25) is 0 Å². The van der Waals surface area contributed by atoms with Crippen LogP contribution in [0.25, 0.3) is 6.08 Å². The van der Waals surface area contributed by atoms with Crippen molar-refractivity contribution < 1.29 is 32.3 Å². The summed E-state index contributed by atoms with van der Waals surface area (Å²) in [4.78, 5) is 52.8. The molecule has 4 amide bonds. The summed E-state index contributed by atoms with van der Waals surface area (Å²) >= 11 is 6.27. The van der Waals surface area contributed by atoms with Gasteiger partial charge in [-0.05, 0) is 29.8 Å². The lowest BCUT2D eigenvalue weighted by Gasteiger charge is -2.21. The van der Waals surface area contributed by atoms with Crippen molar-refractivity contribution >= 4 is 63.7 Å². The van der Waals surface area contributed by atoms with Crippen LogP contribution >= 0.6 is 24.0 Å². The minimum Gasteiger partial charge on any atom is -0.325 e. The lowest BCUT2D eigenvalue weighted by atomic mass is 10.2. The number of carbonyl (C=O) groups is 4. The highest BCUT2D eigenvalue weighted by molar-refractivity contribution is 8.26. The van der Waals surface area contributed by atoms with E-state index in [1.807, 2.05) is 6.07 Å². The number of imide groups is 1. The Morgan fingerprint density at radius 2 is 1.83 bits per heavy atom. The van der Waals surface area contributed by atoms with Gasteiger partial charge in [0.2, 0.25) is 11.8 Å². The first-order valence-corrected chi connectivity index (χ1v) is 11.4. The van der Waals surface area contributed by atoms with E-state index >= 15 is 0 Å². The second kappa shape index (κ2) is 9.62. The Labute approximate surface area is 206 Å². The summed E-state index contributed by atoms with van der Waals surface area (Å²) in [5.41, 5.74) is -0.334. The third-order valence-electron chi connectivity index (χ3n) is 5.23. The van der Waals surface area contributed by atoms with E-state index in [4.69, 9.17) is 12.2 Å². The molecule has 0 spiro atoms. The fraction of sp³-hybridized carbons (Fsp3) is 0.174. The predicted molar refractivity (Wildman–Crippen MR) is 127 cm³/mol. The molecule has 1 unspecified atom stereocenters. The second-order valence-electron chi connectivity index (χ2n) is 7.63. The smallest absolute Gasteiger partial charge is 0.325 e. The van der Waals surface area contributed by atoms with Gasteiger partial charge in [-0.3, -0.25) is 29.0 Å². The van der Waals surface area contributed by atoms with Gasteiger partial charge in [0.05, 0.1) is 16.9 Å². The van der Waals surface area contributed by atoms with Crippen LogP contribution in [0.4, 0.5) is 18.9 Å². The van der Waals surface area contributed by atoms with Crippen molar-refractivity contribution in [2.75, 3.05) is 11.9 Å². The first-order chi connectivity index (χ1) is 16.5. The standard InChI is InChI=1S/C23H16F3N3O4S2/c24-23(25,26)14-7-4-8-15(10-14)27-18(30)12-28-19(31)11-16(20(28)32)29-21(33)17(35-22(29)34)9-13-5-2-1-3-6-13/h1-10,16H,11-12H2,(H,27,30)/b17-9+. The normalized spacial score (nSPS) is 19.7. The molecule has 2 aromatic rings. The molecule has 1 atom stereocenters. The van der Waals surface area contributed by atoms with E-state index in [0.29, 0.717) is 9.81 Å². The van der Waals surface area contributed by atoms with Gasteiger partial charge in [0, 0.05) is 5.69 Å². The molecule has 7 nitrogen and oxygen atoms in total. The number of alkyl halides is 3. The fourth-order valence-electron chi connectivity index (χ4n) is 3.60. The first kappa shape index (κ1) is 24.6.